The third-order valence-corrected chi connectivity index (χ3v) is 5.00. The number of halogens is 1. The van der Waals surface area contributed by atoms with E-state index in [0.717, 1.165) is 5.56 Å². The molecule has 0 aliphatic rings. The van der Waals surface area contributed by atoms with Crippen LogP contribution < -0.4 is 5.32 Å². The number of ether oxygens (including phenoxy) is 1. The number of amides is 1. The van der Waals surface area contributed by atoms with E-state index in [1.807, 2.05) is 30.3 Å². The Labute approximate surface area is 189 Å². The molecular formula is C23H20ClN5O3. The number of nitrogens with one attached hydrogen (secondary N) is 1. The Morgan fingerprint density at radius 3 is 2.78 bits per heavy atom. The number of anilines is 1. The lowest BCUT2D eigenvalue weighted by atomic mass is 10.2. The molecule has 0 atom stereocenters. The summed E-state index contributed by atoms with van der Waals surface area (Å²) in [6, 6.07) is 16.2. The maximum atomic E-state index is 12.7. The van der Waals surface area contributed by atoms with Gasteiger partial charge < -0.3 is 10.1 Å². The zero-order valence-electron chi connectivity index (χ0n) is 17.2. The minimum atomic E-state index is -0.482. The van der Waals surface area contributed by atoms with Crippen molar-refractivity contribution in [2.24, 2.45) is 0 Å². The van der Waals surface area contributed by atoms with Gasteiger partial charge in [0, 0.05) is 23.1 Å². The Hall–Kier alpha value is -3.91. The average Bonchev–Trinajstić information content (AvgIpc) is 3.46. The number of nitrogens with zero attached hydrogens (tertiary/aromatic N) is 4. The first-order valence-electron chi connectivity index (χ1n) is 9.94. The molecule has 0 bridgehead atoms. The van der Waals surface area contributed by atoms with E-state index in [1.165, 1.54) is 6.20 Å². The largest absolute Gasteiger partial charge is 0.461 e. The predicted molar refractivity (Wildman–Crippen MR) is 120 cm³/mol. The van der Waals surface area contributed by atoms with E-state index >= 15 is 0 Å². The van der Waals surface area contributed by atoms with Gasteiger partial charge in [0.25, 0.3) is 5.91 Å². The van der Waals surface area contributed by atoms with Crippen molar-refractivity contribution in [3.05, 3.63) is 95.0 Å². The molecule has 4 aromatic rings. The van der Waals surface area contributed by atoms with E-state index in [-0.39, 0.29) is 18.2 Å². The summed E-state index contributed by atoms with van der Waals surface area (Å²) in [6.07, 6.45) is 4.84. The summed E-state index contributed by atoms with van der Waals surface area (Å²) >= 11 is 6.20. The van der Waals surface area contributed by atoms with Crippen LogP contribution in [0.4, 0.5) is 5.69 Å². The van der Waals surface area contributed by atoms with Crippen molar-refractivity contribution in [1.82, 2.24) is 19.6 Å². The van der Waals surface area contributed by atoms with Crippen LogP contribution in [0.5, 0.6) is 0 Å². The Kier molecular flexibility index (Phi) is 6.32. The zero-order chi connectivity index (χ0) is 22.5. The molecule has 8 nitrogen and oxygen atoms in total. The fourth-order valence-electron chi connectivity index (χ4n) is 3.08. The molecule has 162 valence electrons. The molecule has 0 aliphatic heterocycles. The van der Waals surface area contributed by atoms with Gasteiger partial charge in [0.1, 0.15) is 0 Å². The normalized spacial score (nSPS) is 10.7. The van der Waals surface area contributed by atoms with E-state index < -0.39 is 5.97 Å². The molecule has 0 aliphatic carbocycles. The van der Waals surface area contributed by atoms with Crippen LogP contribution in [0.1, 0.15) is 33.3 Å². The lowest BCUT2D eigenvalue weighted by Crippen LogP contribution is -2.11. The van der Waals surface area contributed by atoms with Crippen molar-refractivity contribution < 1.29 is 14.3 Å². The Morgan fingerprint density at radius 1 is 1.12 bits per heavy atom. The van der Waals surface area contributed by atoms with E-state index in [1.54, 1.807) is 52.9 Å². The molecule has 2 aromatic heterocycles. The van der Waals surface area contributed by atoms with E-state index in [0.29, 0.717) is 28.5 Å². The summed E-state index contributed by atoms with van der Waals surface area (Å²) in [5.74, 6) is -0.773. The maximum Gasteiger partial charge on any atom is 0.358 e. The fraction of sp³-hybridized carbons (Fsp3) is 0.130. The minimum absolute atomic E-state index is 0.215. The van der Waals surface area contributed by atoms with Crippen LogP contribution in [0.25, 0.3) is 5.69 Å². The van der Waals surface area contributed by atoms with Crippen molar-refractivity contribution in [3.63, 3.8) is 0 Å². The quantitative estimate of drug-likeness (QED) is 0.427. The van der Waals surface area contributed by atoms with Gasteiger partial charge in [-0.05, 0) is 42.8 Å². The van der Waals surface area contributed by atoms with Crippen LogP contribution in [0, 0.1) is 0 Å². The van der Waals surface area contributed by atoms with Gasteiger partial charge in [-0.2, -0.15) is 10.2 Å². The molecule has 2 heterocycles. The third-order valence-electron chi connectivity index (χ3n) is 4.63. The van der Waals surface area contributed by atoms with Crippen LogP contribution in [0.15, 0.2) is 73.2 Å². The van der Waals surface area contributed by atoms with Crippen LogP contribution in [0.3, 0.4) is 0 Å². The van der Waals surface area contributed by atoms with Crippen LogP contribution in [0.2, 0.25) is 5.02 Å². The van der Waals surface area contributed by atoms with Crippen molar-refractivity contribution >= 4 is 29.2 Å². The van der Waals surface area contributed by atoms with Crippen LogP contribution in [-0.4, -0.2) is 38.0 Å². The monoisotopic (exact) mass is 449 g/mol. The number of hydrogen-bond acceptors (Lipinski definition) is 5. The average molecular weight is 450 g/mol. The first-order chi connectivity index (χ1) is 15.5. The van der Waals surface area contributed by atoms with Gasteiger partial charge in [0.05, 0.1) is 30.6 Å². The van der Waals surface area contributed by atoms with Crippen LogP contribution >= 0.6 is 11.6 Å². The van der Waals surface area contributed by atoms with Crippen molar-refractivity contribution in [2.45, 2.75) is 13.5 Å². The Bertz CT molecular complexity index is 1260. The smallest absolute Gasteiger partial charge is 0.358 e. The van der Waals surface area contributed by atoms with Gasteiger partial charge in [0.2, 0.25) is 0 Å². The summed E-state index contributed by atoms with van der Waals surface area (Å²) in [5, 5.41) is 12.0. The van der Waals surface area contributed by atoms with Crippen LogP contribution in [-0.2, 0) is 11.3 Å². The number of hydrogen-bond donors (Lipinski definition) is 1. The lowest BCUT2D eigenvalue weighted by Gasteiger charge is -2.07. The van der Waals surface area contributed by atoms with Gasteiger partial charge in [-0.25, -0.2) is 9.48 Å². The summed E-state index contributed by atoms with van der Waals surface area (Å²) in [4.78, 5) is 24.5. The second kappa shape index (κ2) is 9.49. The molecule has 1 N–H and O–H groups in total. The van der Waals surface area contributed by atoms with E-state index in [9.17, 15) is 9.59 Å². The predicted octanol–water partition coefficient (Wildman–Crippen LogP) is 4.20. The lowest BCUT2D eigenvalue weighted by molar-refractivity contribution is 0.0519. The Balaban J connectivity index is 1.45. The molecule has 32 heavy (non-hydrogen) atoms. The molecule has 4 rings (SSSR count). The number of esters is 1. The van der Waals surface area contributed by atoms with Crippen molar-refractivity contribution in [3.8, 4) is 5.69 Å². The molecule has 9 heteroatoms. The van der Waals surface area contributed by atoms with Gasteiger partial charge in [-0.15, -0.1) is 0 Å². The summed E-state index contributed by atoms with van der Waals surface area (Å²) in [7, 11) is 0. The van der Waals surface area contributed by atoms with Crippen molar-refractivity contribution in [1.29, 1.82) is 0 Å². The second-order valence-electron chi connectivity index (χ2n) is 6.89. The highest BCUT2D eigenvalue weighted by molar-refractivity contribution is 6.31. The third kappa shape index (κ3) is 4.87. The highest BCUT2D eigenvalue weighted by atomic mass is 35.5. The summed E-state index contributed by atoms with van der Waals surface area (Å²) < 4.78 is 8.17. The first-order valence-corrected chi connectivity index (χ1v) is 10.3. The molecule has 2 aromatic carbocycles. The molecule has 0 fully saturated rings. The highest BCUT2D eigenvalue weighted by Crippen LogP contribution is 2.18. The standard InChI is InChI=1S/C23H20ClN5O3/c1-2-32-23(31)21-10-11-29(27-21)19-8-5-7-18(12-19)26-22(30)17-13-25-28(15-17)14-16-6-3-4-9-20(16)24/h3-13,15H,2,14H2,1H3,(H,26,30). The number of carbonyl (C=O) groups is 2. The minimum Gasteiger partial charge on any atom is -0.461 e. The summed E-state index contributed by atoms with van der Waals surface area (Å²) in [5.41, 5.74) is 2.82. The first kappa shape index (κ1) is 21.3. The molecule has 0 spiro atoms. The molecule has 0 saturated carbocycles. The fourth-order valence-corrected chi connectivity index (χ4v) is 3.28. The SMILES string of the molecule is CCOC(=O)c1ccn(-c2cccc(NC(=O)c3cnn(Cc4ccccc4Cl)c3)c2)n1. The van der Waals surface area contributed by atoms with Gasteiger partial charge >= 0.3 is 5.97 Å². The molecular weight excluding hydrogens is 430 g/mol. The number of aromatic nitrogens is 4. The zero-order valence-corrected chi connectivity index (χ0v) is 18.0. The highest BCUT2D eigenvalue weighted by Gasteiger charge is 2.13. The van der Waals surface area contributed by atoms with Gasteiger partial charge in [-0.1, -0.05) is 35.9 Å². The van der Waals surface area contributed by atoms with E-state index in [4.69, 9.17) is 16.3 Å². The van der Waals surface area contributed by atoms with Gasteiger partial charge in [0.15, 0.2) is 5.69 Å². The molecule has 0 saturated heterocycles. The Morgan fingerprint density at radius 2 is 1.97 bits per heavy atom. The van der Waals surface area contributed by atoms with E-state index in [2.05, 4.69) is 15.5 Å². The molecule has 0 unspecified atom stereocenters. The topological polar surface area (TPSA) is 91.0 Å². The van der Waals surface area contributed by atoms with Crippen molar-refractivity contribution in [2.75, 3.05) is 11.9 Å². The maximum absolute atomic E-state index is 12.7. The summed E-state index contributed by atoms with van der Waals surface area (Å²) in [6.45, 7) is 2.48. The number of rotatable bonds is 7. The molecule has 0 radical (unpaired) electrons. The second-order valence-corrected chi connectivity index (χ2v) is 7.30. The number of benzene rings is 2. The molecule has 1 amide bonds. The number of carbonyl (C=O) groups excluding carboxylic acids is 2. The van der Waals surface area contributed by atoms with Gasteiger partial charge in [-0.3, -0.25) is 9.48 Å².